The molecule has 0 aliphatic rings. The van der Waals surface area contributed by atoms with E-state index >= 15 is 0 Å². The number of hydrogen-bond donors (Lipinski definition) is 1. The molecule has 7 heteroatoms. The van der Waals surface area contributed by atoms with Crippen LogP contribution in [-0.2, 0) is 11.3 Å². The molecule has 1 heterocycles. The molecule has 0 unspecified atom stereocenters. The van der Waals surface area contributed by atoms with Crippen LogP contribution < -0.4 is 5.32 Å². The molecule has 7 nitrogen and oxygen atoms in total. The Bertz CT molecular complexity index is 566. The van der Waals surface area contributed by atoms with E-state index < -0.39 is 0 Å². The standard InChI is InChI=1S/C14H20N6O/c1-19(2)10-6-9-15-13(21)11-20-17-14(16-18-20)12-7-4-3-5-8-12/h3-5,7-8H,6,9-11H2,1-2H3,(H,15,21). The number of tetrazole rings is 1. The third-order valence-electron chi connectivity index (χ3n) is 2.87. The zero-order valence-corrected chi connectivity index (χ0v) is 12.4. The highest BCUT2D eigenvalue weighted by Gasteiger charge is 2.08. The molecule has 0 saturated carbocycles. The van der Waals surface area contributed by atoms with Crippen LogP contribution in [0.3, 0.4) is 0 Å². The summed E-state index contributed by atoms with van der Waals surface area (Å²) in [7, 11) is 4.01. The Labute approximate surface area is 123 Å². The highest BCUT2D eigenvalue weighted by molar-refractivity contribution is 5.75. The van der Waals surface area contributed by atoms with Crippen LogP contribution in [0.25, 0.3) is 11.4 Å². The maximum Gasteiger partial charge on any atom is 0.243 e. The van der Waals surface area contributed by atoms with Crippen molar-refractivity contribution < 1.29 is 4.79 Å². The van der Waals surface area contributed by atoms with Crippen LogP contribution >= 0.6 is 0 Å². The van der Waals surface area contributed by atoms with Crippen molar-refractivity contribution in [3.05, 3.63) is 30.3 Å². The zero-order chi connectivity index (χ0) is 15.1. The summed E-state index contributed by atoms with van der Waals surface area (Å²) in [5, 5.41) is 14.9. The lowest BCUT2D eigenvalue weighted by Gasteiger charge is -2.09. The Morgan fingerprint density at radius 3 is 2.76 bits per heavy atom. The smallest absolute Gasteiger partial charge is 0.243 e. The molecule has 1 N–H and O–H groups in total. The van der Waals surface area contributed by atoms with Crippen LogP contribution in [-0.4, -0.2) is 58.2 Å². The van der Waals surface area contributed by atoms with Crippen molar-refractivity contribution in [1.29, 1.82) is 0 Å². The first kappa shape index (κ1) is 15.1. The molecule has 1 amide bonds. The van der Waals surface area contributed by atoms with E-state index in [0.717, 1.165) is 18.5 Å². The molecule has 0 spiro atoms. The van der Waals surface area contributed by atoms with Gasteiger partial charge in [0.1, 0.15) is 6.54 Å². The summed E-state index contributed by atoms with van der Waals surface area (Å²) >= 11 is 0. The average molecular weight is 288 g/mol. The SMILES string of the molecule is CN(C)CCCNC(=O)Cn1nnc(-c2ccccc2)n1. The van der Waals surface area contributed by atoms with Gasteiger partial charge < -0.3 is 10.2 Å². The highest BCUT2D eigenvalue weighted by atomic mass is 16.2. The predicted octanol–water partition coefficient (Wildman–Crippen LogP) is 0.408. The van der Waals surface area contributed by atoms with E-state index in [-0.39, 0.29) is 12.5 Å². The van der Waals surface area contributed by atoms with Gasteiger partial charge in [-0.2, -0.15) is 4.80 Å². The van der Waals surface area contributed by atoms with E-state index in [9.17, 15) is 4.79 Å². The highest BCUT2D eigenvalue weighted by Crippen LogP contribution is 2.11. The van der Waals surface area contributed by atoms with Gasteiger partial charge in [0.05, 0.1) is 0 Å². The van der Waals surface area contributed by atoms with Crippen LogP contribution in [0.15, 0.2) is 30.3 Å². The Balaban J connectivity index is 1.81. The quantitative estimate of drug-likeness (QED) is 0.747. The van der Waals surface area contributed by atoms with Gasteiger partial charge in [0, 0.05) is 12.1 Å². The van der Waals surface area contributed by atoms with Crippen molar-refractivity contribution in [2.75, 3.05) is 27.2 Å². The second kappa shape index (κ2) is 7.49. The first-order chi connectivity index (χ1) is 10.1. The summed E-state index contributed by atoms with van der Waals surface area (Å²) in [5.41, 5.74) is 0.884. The molecule has 2 rings (SSSR count). The Morgan fingerprint density at radius 2 is 2.05 bits per heavy atom. The minimum Gasteiger partial charge on any atom is -0.354 e. The molecular formula is C14H20N6O. The lowest BCUT2D eigenvalue weighted by atomic mass is 10.2. The Morgan fingerprint density at radius 1 is 1.29 bits per heavy atom. The van der Waals surface area contributed by atoms with Crippen molar-refractivity contribution >= 4 is 5.91 Å². The molecule has 0 fully saturated rings. The minimum absolute atomic E-state index is 0.0851. The number of hydrogen-bond acceptors (Lipinski definition) is 5. The molecular weight excluding hydrogens is 268 g/mol. The van der Waals surface area contributed by atoms with Gasteiger partial charge in [-0.3, -0.25) is 4.79 Å². The fraction of sp³-hybridized carbons (Fsp3) is 0.429. The van der Waals surface area contributed by atoms with Crippen molar-refractivity contribution in [2.24, 2.45) is 0 Å². The van der Waals surface area contributed by atoms with Crippen LogP contribution in [0.2, 0.25) is 0 Å². The van der Waals surface area contributed by atoms with E-state index in [0.29, 0.717) is 12.4 Å². The minimum atomic E-state index is -0.106. The Hall–Kier alpha value is -2.28. The van der Waals surface area contributed by atoms with Crippen LogP contribution in [0.4, 0.5) is 0 Å². The molecule has 2 aromatic rings. The summed E-state index contributed by atoms with van der Waals surface area (Å²) < 4.78 is 0. The summed E-state index contributed by atoms with van der Waals surface area (Å²) in [6.07, 6.45) is 0.915. The maximum absolute atomic E-state index is 11.7. The third-order valence-corrected chi connectivity index (χ3v) is 2.87. The van der Waals surface area contributed by atoms with Crippen LogP contribution in [0.1, 0.15) is 6.42 Å². The molecule has 0 bridgehead atoms. The molecule has 112 valence electrons. The third kappa shape index (κ3) is 4.96. The van der Waals surface area contributed by atoms with Gasteiger partial charge in [-0.05, 0) is 32.3 Å². The average Bonchev–Trinajstić information content (AvgIpc) is 2.93. The summed E-state index contributed by atoms with van der Waals surface area (Å²) in [4.78, 5) is 15.1. The number of nitrogens with one attached hydrogen (secondary N) is 1. The van der Waals surface area contributed by atoms with Gasteiger partial charge in [0.15, 0.2) is 0 Å². The number of rotatable bonds is 7. The fourth-order valence-electron chi connectivity index (χ4n) is 1.82. The van der Waals surface area contributed by atoms with Crippen molar-refractivity contribution in [3.63, 3.8) is 0 Å². The molecule has 1 aromatic carbocycles. The Kier molecular flexibility index (Phi) is 5.39. The van der Waals surface area contributed by atoms with Gasteiger partial charge in [-0.25, -0.2) is 0 Å². The second-order valence-corrected chi connectivity index (χ2v) is 5.02. The van der Waals surface area contributed by atoms with Gasteiger partial charge in [0.25, 0.3) is 0 Å². The second-order valence-electron chi connectivity index (χ2n) is 5.02. The van der Waals surface area contributed by atoms with Crippen LogP contribution in [0.5, 0.6) is 0 Å². The van der Waals surface area contributed by atoms with Crippen LogP contribution in [0, 0.1) is 0 Å². The zero-order valence-electron chi connectivity index (χ0n) is 12.4. The molecule has 1 aromatic heterocycles. The van der Waals surface area contributed by atoms with E-state index in [4.69, 9.17) is 0 Å². The lowest BCUT2D eigenvalue weighted by molar-refractivity contribution is -0.122. The molecule has 0 saturated heterocycles. The first-order valence-electron chi connectivity index (χ1n) is 6.90. The van der Waals surface area contributed by atoms with Crippen molar-refractivity contribution in [3.8, 4) is 11.4 Å². The van der Waals surface area contributed by atoms with E-state index in [1.807, 2.05) is 44.4 Å². The van der Waals surface area contributed by atoms with E-state index in [1.165, 1.54) is 4.80 Å². The molecule has 21 heavy (non-hydrogen) atoms. The monoisotopic (exact) mass is 288 g/mol. The predicted molar refractivity (Wildman–Crippen MR) is 79.4 cm³/mol. The topological polar surface area (TPSA) is 75.9 Å². The van der Waals surface area contributed by atoms with Gasteiger partial charge in [-0.1, -0.05) is 30.3 Å². The normalized spacial score (nSPS) is 10.8. The number of aromatic nitrogens is 4. The largest absolute Gasteiger partial charge is 0.354 e. The first-order valence-corrected chi connectivity index (χ1v) is 6.90. The van der Waals surface area contributed by atoms with Gasteiger partial charge in [-0.15, -0.1) is 10.2 Å². The number of amides is 1. The molecule has 0 aliphatic carbocycles. The lowest BCUT2D eigenvalue weighted by Crippen LogP contribution is -2.30. The molecule has 0 aliphatic heterocycles. The molecule has 0 radical (unpaired) electrons. The fourth-order valence-corrected chi connectivity index (χ4v) is 1.82. The summed E-state index contributed by atoms with van der Waals surface area (Å²) in [6.45, 7) is 1.68. The molecule has 0 atom stereocenters. The van der Waals surface area contributed by atoms with Crippen molar-refractivity contribution in [2.45, 2.75) is 13.0 Å². The van der Waals surface area contributed by atoms with E-state index in [2.05, 4.69) is 25.6 Å². The van der Waals surface area contributed by atoms with E-state index in [1.54, 1.807) is 0 Å². The van der Waals surface area contributed by atoms with Crippen molar-refractivity contribution in [1.82, 2.24) is 30.4 Å². The van der Waals surface area contributed by atoms with Gasteiger partial charge in [0.2, 0.25) is 11.7 Å². The maximum atomic E-state index is 11.7. The number of nitrogens with zero attached hydrogens (tertiary/aromatic N) is 5. The summed E-state index contributed by atoms with van der Waals surface area (Å²) in [5.74, 6) is 0.418. The number of benzene rings is 1. The number of carbonyl (C=O) groups is 1. The van der Waals surface area contributed by atoms with Gasteiger partial charge >= 0.3 is 0 Å². The summed E-state index contributed by atoms with van der Waals surface area (Å²) in [6, 6.07) is 9.56. The number of carbonyl (C=O) groups excluding carboxylic acids is 1.